The van der Waals surface area contributed by atoms with Gasteiger partial charge in [-0.3, -0.25) is 0 Å². The molecule has 1 heterocycles. The fraction of sp³-hybridized carbons (Fsp3) is 0.588. The Morgan fingerprint density at radius 3 is 2.81 bits per heavy atom. The smallest absolute Gasteiger partial charge is 0.170 e. The van der Waals surface area contributed by atoms with Gasteiger partial charge in [-0.05, 0) is 55.6 Å². The molecule has 3 nitrogen and oxygen atoms in total. The maximum atomic E-state index is 5.34. The lowest BCUT2D eigenvalue weighted by atomic mass is 9.99. The van der Waals surface area contributed by atoms with Crippen LogP contribution in [0.3, 0.4) is 0 Å². The molecule has 0 aliphatic carbocycles. The van der Waals surface area contributed by atoms with Crippen molar-refractivity contribution in [1.29, 1.82) is 0 Å². The summed E-state index contributed by atoms with van der Waals surface area (Å²) < 4.78 is 0. The molecule has 0 amide bonds. The minimum Gasteiger partial charge on any atom is -0.362 e. The molecular weight excluding hydrogens is 278 g/mol. The molecule has 1 fully saturated rings. The molecule has 0 bridgehead atoms. The average Bonchev–Trinajstić information content (AvgIpc) is 2.45. The molecular formula is C17H28N3S+. The number of nitrogens with one attached hydrogen (secondary N) is 3. The Morgan fingerprint density at radius 1 is 1.33 bits per heavy atom. The zero-order valence-corrected chi connectivity index (χ0v) is 14.1. The van der Waals surface area contributed by atoms with E-state index in [1.54, 1.807) is 4.90 Å². The maximum Gasteiger partial charge on any atom is 0.170 e. The van der Waals surface area contributed by atoms with E-state index < -0.39 is 0 Å². The van der Waals surface area contributed by atoms with Crippen molar-refractivity contribution in [3.8, 4) is 0 Å². The van der Waals surface area contributed by atoms with Crippen LogP contribution in [0.5, 0.6) is 0 Å². The highest BCUT2D eigenvalue weighted by molar-refractivity contribution is 7.80. The van der Waals surface area contributed by atoms with Crippen LogP contribution in [0.4, 0.5) is 5.69 Å². The summed E-state index contributed by atoms with van der Waals surface area (Å²) in [5.74, 6) is 0.929. The van der Waals surface area contributed by atoms with Crippen LogP contribution >= 0.6 is 12.2 Å². The van der Waals surface area contributed by atoms with Gasteiger partial charge >= 0.3 is 0 Å². The standard InChI is InChI=1S/C17H27N3S/c1-14-7-11-20(12-8-14)10-4-9-18-17(21)19-16-6-3-5-15(2)13-16/h3,5-6,13-14H,4,7-12H2,1-2H3,(H2,18,19,21)/p+1. The summed E-state index contributed by atoms with van der Waals surface area (Å²) in [6.07, 6.45) is 3.95. The van der Waals surface area contributed by atoms with E-state index in [9.17, 15) is 0 Å². The van der Waals surface area contributed by atoms with Gasteiger partial charge in [0.05, 0.1) is 19.6 Å². The number of likely N-dealkylation sites (tertiary alicyclic amines) is 1. The highest BCUT2D eigenvalue weighted by atomic mass is 32.1. The first-order chi connectivity index (χ1) is 10.1. The summed E-state index contributed by atoms with van der Waals surface area (Å²) in [6.45, 7) is 9.35. The zero-order chi connectivity index (χ0) is 15.1. The van der Waals surface area contributed by atoms with Crippen molar-refractivity contribution in [2.45, 2.75) is 33.1 Å². The van der Waals surface area contributed by atoms with Gasteiger partial charge in [0.25, 0.3) is 0 Å². The van der Waals surface area contributed by atoms with E-state index in [1.165, 1.54) is 44.5 Å². The third kappa shape index (κ3) is 6.02. The molecule has 2 rings (SSSR count). The number of thiocarbonyl (C=S) groups is 1. The van der Waals surface area contributed by atoms with Crippen LogP contribution in [0.15, 0.2) is 24.3 Å². The van der Waals surface area contributed by atoms with E-state index in [0.29, 0.717) is 0 Å². The van der Waals surface area contributed by atoms with Crippen molar-refractivity contribution < 1.29 is 4.90 Å². The topological polar surface area (TPSA) is 28.5 Å². The van der Waals surface area contributed by atoms with Crippen LogP contribution in [0, 0.1) is 12.8 Å². The van der Waals surface area contributed by atoms with Gasteiger partial charge in [0.1, 0.15) is 0 Å². The molecule has 1 aliphatic rings. The predicted molar refractivity (Wildman–Crippen MR) is 94.0 cm³/mol. The quantitative estimate of drug-likeness (QED) is 0.574. The summed E-state index contributed by atoms with van der Waals surface area (Å²) in [4.78, 5) is 1.76. The number of rotatable bonds is 5. The number of piperidine rings is 1. The molecule has 1 saturated heterocycles. The summed E-state index contributed by atoms with van der Waals surface area (Å²) in [5.41, 5.74) is 2.30. The number of aryl methyl sites for hydroxylation is 1. The Labute approximate surface area is 134 Å². The first kappa shape index (κ1) is 16.2. The van der Waals surface area contributed by atoms with Crippen molar-refractivity contribution in [3.05, 3.63) is 29.8 Å². The molecule has 0 aromatic heterocycles. The molecule has 4 heteroatoms. The normalized spacial score (nSPS) is 21.8. The van der Waals surface area contributed by atoms with Crippen LogP contribution in [-0.4, -0.2) is 31.3 Å². The van der Waals surface area contributed by atoms with E-state index in [1.807, 2.05) is 12.1 Å². The van der Waals surface area contributed by atoms with Crippen molar-refractivity contribution >= 4 is 23.0 Å². The van der Waals surface area contributed by atoms with Gasteiger partial charge in [-0.25, -0.2) is 0 Å². The second-order valence-corrected chi connectivity index (χ2v) is 6.69. The van der Waals surface area contributed by atoms with Crippen LogP contribution in [0.25, 0.3) is 0 Å². The summed E-state index contributed by atoms with van der Waals surface area (Å²) in [7, 11) is 0. The van der Waals surface area contributed by atoms with Crippen molar-refractivity contribution in [3.63, 3.8) is 0 Å². The molecule has 116 valence electrons. The zero-order valence-electron chi connectivity index (χ0n) is 13.2. The Morgan fingerprint density at radius 2 is 2.10 bits per heavy atom. The highest BCUT2D eigenvalue weighted by Crippen LogP contribution is 2.09. The molecule has 0 spiro atoms. The first-order valence-corrected chi connectivity index (χ1v) is 8.49. The number of hydrogen-bond donors (Lipinski definition) is 3. The number of benzene rings is 1. The molecule has 0 saturated carbocycles. The fourth-order valence-electron chi connectivity index (χ4n) is 2.86. The second-order valence-electron chi connectivity index (χ2n) is 6.29. The second kappa shape index (κ2) is 8.35. The Balaban J connectivity index is 1.59. The SMILES string of the molecule is Cc1cccc(NC(=S)NCCC[NH+]2CCC(C)CC2)c1. The number of anilines is 1. The summed E-state index contributed by atoms with van der Waals surface area (Å²) in [6, 6.07) is 8.28. The van der Waals surface area contributed by atoms with E-state index >= 15 is 0 Å². The highest BCUT2D eigenvalue weighted by Gasteiger charge is 2.17. The van der Waals surface area contributed by atoms with Gasteiger partial charge in [0.15, 0.2) is 5.11 Å². The van der Waals surface area contributed by atoms with Crippen LogP contribution < -0.4 is 15.5 Å². The largest absolute Gasteiger partial charge is 0.362 e. The van der Waals surface area contributed by atoms with E-state index in [0.717, 1.165) is 23.3 Å². The van der Waals surface area contributed by atoms with Crippen molar-refractivity contribution in [1.82, 2.24) is 5.32 Å². The van der Waals surface area contributed by atoms with E-state index in [-0.39, 0.29) is 0 Å². The molecule has 1 aliphatic heterocycles. The minimum absolute atomic E-state index is 0.725. The van der Waals surface area contributed by atoms with E-state index in [4.69, 9.17) is 12.2 Å². The van der Waals surface area contributed by atoms with Gasteiger partial charge < -0.3 is 15.5 Å². The third-order valence-corrected chi connectivity index (χ3v) is 4.50. The number of quaternary nitrogens is 1. The number of hydrogen-bond acceptors (Lipinski definition) is 1. The molecule has 1 aromatic carbocycles. The van der Waals surface area contributed by atoms with Gasteiger partial charge in [-0.1, -0.05) is 19.1 Å². The molecule has 1 aromatic rings. The fourth-order valence-corrected chi connectivity index (χ4v) is 3.08. The molecule has 0 radical (unpaired) electrons. The predicted octanol–water partition coefficient (Wildman–Crippen LogP) is 1.99. The maximum absolute atomic E-state index is 5.34. The molecule has 21 heavy (non-hydrogen) atoms. The monoisotopic (exact) mass is 306 g/mol. The van der Waals surface area contributed by atoms with Crippen LogP contribution in [0.2, 0.25) is 0 Å². The van der Waals surface area contributed by atoms with Crippen LogP contribution in [-0.2, 0) is 0 Å². The van der Waals surface area contributed by atoms with Gasteiger partial charge in [-0.15, -0.1) is 0 Å². The van der Waals surface area contributed by atoms with Gasteiger partial charge in [0, 0.05) is 18.7 Å². The summed E-state index contributed by atoms with van der Waals surface area (Å²) in [5, 5.41) is 7.27. The van der Waals surface area contributed by atoms with Gasteiger partial charge in [0.2, 0.25) is 0 Å². The van der Waals surface area contributed by atoms with Crippen molar-refractivity contribution in [2.24, 2.45) is 5.92 Å². The average molecular weight is 306 g/mol. The Hall–Kier alpha value is -1.13. The Bertz CT molecular complexity index is 453. The molecule has 0 unspecified atom stereocenters. The molecule has 0 atom stereocenters. The van der Waals surface area contributed by atoms with Crippen molar-refractivity contribution in [2.75, 3.05) is 31.5 Å². The lowest BCUT2D eigenvalue weighted by Gasteiger charge is -2.27. The summed E-state index contributed by atoms with van der Waals surface area (Å²) >= 11 is 5.34. The lowest BCUT2D eigenvalue weighted by Crippen LogP contribution is -3.13. The molecule has 3 N–H and O–H groups in total. The third-order valence-electron chi connectivity index (χ3n) is 4.25. The minimum atomic E-state index is 0.725. The van der Waals surface area contributed by atoms with Gasteiger partial charge in [-0.2, -0.15) is 0 Å². The Kier molecular flexibility index (Phi) is 6.46. The van der Waals surface area contributed by atoms with E-state index in [2.05, 4.69) is 36.6 Å². The first-order valence-electron chi connectivity index (χ1n) is 8.08. The van der Waals surface area contributed by atoms with Crippen LogP contribution in [0.1, 0.15) is 31.7 Å². The lowest BCUT2D eigenvalue weighted by molar-refractivity contribution is -0.906.